The first-order valence-corrected chi connectivity index (χ1v) is 15.9. The van der Waals surface area contributed by atoms with E-state index in [4.69, 9.17) is 0 Å². The number of hydrogen-bond donors (Lipinski definition) is 0. The van der Waals surface area contributed by atoms with Crippen molar-refractivity contribution in [2.45, 2.75) is 221 Å². The molecule has 0 N–H and O–H groups in total. The Hall–Kier alpha value is 0. The SMILES string of the molecule is C.CC.CC.CC.CC.CC.CC.CC.CC.CC.CC.CC.CC.CC.CC.CC1CC1. The molecule has 33 heavy (non-hydrogen) atoms. The molecular formula is C33H96. The van der Waals surface area contributed by atoms with Crippen molar-refractivity contribution in [3.8, 4) is 0 Å². The van der Waals surface area contributed by atoms with Crippen LogP contribution >= 0.6 is 0 Å². The lowest BCUT2D eigenvalue weighted by molar-refractivity contribution is 0.983. The zero-order chi connectivity index (χ0) is 31.0. The van der Waals surface area contributed by atoms with Crippen LogP contribution in [0.1, 0.15) is 221 Å². The minimum atomic E-state index is 0. The maximum atomic E-state index is 2.28. The maximum absolute atomic E-state index is 2.28. The largest absolute Gasteiger partial charge is 0.0776 e. The third-order valence-electron chi connectivity index (χ3n) is 0.866. The van der Waals surface area contributed by atoms with Gasteiger partial charge in [0.05, 0.1) is 0 Å². The smallest absolute Gasteiger partial charge is 0.0443 e. The minimum absolute atomic E-state index is 0. The second-order valence-electron chi connectivity index (χ2n) is 1.68. The summed E-state index contributed by atoms with van der Waals surface area (Å²) in [5, 5.41) is 0. The van der Waals surface area contributed by atoms with E-state index in [2.05, 4.69) is 6.92 Å². The van der Waals surface area contributed by atoms with Crippen molar-refractivity contribution in [3.05, 3.63) is 0 Å². The molecular weight excluding hydrogens is 396 g/mol. The van der Waals surface area contributed by atoms with E-state index in [-0.39, 0.29) is 7.43 Å². The molecule has 0 atom stereocenters. The molecule has 0 heterocycles. The van der Waals surface area contributed by atoms with Crippen LogP contribution in [0.15, 0.2) is 0 Å². The van der Waals surface area contributed by atoms with Crippen LogP contribution in [0.2, 0.25) is 0 Å². The predicted octanol–water partition coefficient (Wildman–Crippen LogP) is 16.4. The summed E-state index contributed by atoms with van der Waals surface area (Å²) in [4.78, 5) is 0. The van der Waals surface area contributed by atoms with Crippen LogP contribution in [0, 0.1) is 5.92 Å². The van der Waals surface area contributed by atoms with Gasteiger partial charge in [-0.15, -0.1) is 0 Å². The highest BCUT2D eigenvalue weighted by Gasteiger charge is 2.12. The molecule has 0 amide bonds. The molecule has 1 saturated carbocycles. The Morgan fingerprint density at radius 2 is 0.273 bits per heavy atom. The Bertz CT molecular complexity index is 19.2. The van der Waals surface area contributed by atoms with E-state index in [0.29, 0.717) is 0 Å². The van der Waals surface area contributed by atoms with Gasteiger partial charge >= 0.3 is 0 Å². The Labute approximate surface area is 226 Å². The average Bonchev–Trinajstić information content (AvgIpc) is 3.81. The average molecular weight is 493 g/mol. The van der Waals surface area contributed by atoms with Gasteiger partial charge in [0.15, 0.2) is 0 Å². The van der Waals surface area contributed by atoms with Gasteiger partial charge in [-0.05, 0) is 5.92 Å². The summed E-state index contributed by atoms with van der Waals surface area (Å²) in [6.07, 6.45) is 2.97. The summed E-state index contributed by atoms with van der Waals surface area (Å²) < 4.78 is 0. The summed E-state index contributed by atoms with van der Waals surface area (Å²) >= 11 is 0. The molecule has 0 bridgehead atoms. The number of hydrogen-bond acceptors (Lipinski definition) is 0. The molecule has 1 fully saturated rings. The van der Waals surface area contributed by atoms with E-state index >= 15 is 0 Å². The molecule has 0 aromatic heterocycles. The normalized spacial score (nSPS) is 5.73. The van der Waals surface area contributed by atoms with E-state index in [1.165, 1.54) is 12.8 Å². The zero-order valence-corrected chi connectivity index (χ0v) is 31.0. The first-order chi connectivity index (χ1) is 15.9. The van der Waals surface area contributed by atoms with Crippen molar-refractivity contribution in [3.63, 3.8) is 0 Å². The second-order valence-corrected chi connectivity index (χ2v) is 1.68. The van der Waals surface area contributed by atoms with E-state index in [9.17, 15) is 0 Å². The lowest BCUT2D eigenvalue weighted by Crippen LogP contribution is -1.42. The van der Waals surface area contributed by atoms with Crippen LogP contribution in [-0.4, -0.2) is 0 Å². The van der Waals surface area contributed by atoms with Crippen molar-refractivity contribution >= 4 is 0 Å². The summed E-state index contributed by atoms with van der Waals surface area (Å²) in [6, 6.07) is 0. The quantitative estimate of drug-likeness (QED) is 0.315. The molecule has 0 aromatic carbocycles. The van der Waals surface area contributed by atoms with Crippen LogP contribution in [0.5, 0.6) is 0 Å². The molecule has 0 nitrogen and oxygen atoms in total. The first kappa shape index (κ1) is 104. The van der Waals surface area contributed by atoms with Gasteiger partial charge in [-0.25, -0.2) is 0 Å². The highest BCUT2D eigenvalue weighted by atomic mass is 14.2. The standard InChI is InChI=1S/C4H8.14C2H6.CH4/c1-4-2-3-4;14*1-2;/h4H,2-3H2,1H3;14*1-2H3;1H4. The monoisotopic (exact) mass is 493 g/mol. The molecule has 0 saturated heterocycles. The van der Waals surface area contributed by atoms with E-state index in [1.54, 1.807) is 0 Å². The fourth-order valence-electron chi connectivity index (χ4n) is 0.167. The molecule has 0 aromatic rings. The van der Waals surface area contributed by atoms with Gasteiger partial charge in [0.25, 0.3) is 0 Å². The molecule has 0 spiro atoms. The minimum Gasteiger partial charge on any atom is -0.0776 e. The van der Waals surface area contributed by atoms with Gasteiger partial charge in [0.1, 0.15) is 0 Å². The van der Waals surface area contributed by atoms with Crippen LogP contribution in [-0.2, 0) is 0 Å². The molecule has 0 unspecified atom stereocenters. The fourth-order valence-corrected chi connectivity index (χ4v) is 0.167. The predicted molar refractivity (Wildman–Crippen MR) is 184 cm³/mol. The topological polar surface area (TPSA) is 0 Å². The van der Waals surface area contributed by atoms with Crippen LogP contribution in [0.25, 0.3) is 0 Å². The van der Waals surface area contributed by atoms with Gasteiger partial charge < -0.3 is 0 Å². The van der Waals surface area contributed by atoms with E-state index in [1.807, 2.05) is 194 Å². The van der Waals surface area contributed by atoms with E-state index < -0.39 is 0 Å². The zero-order valence-electron chi connectivity index (χ0n) is 31.0. The van der Waals surface area contributed by atoms with E-state index in [0.717, 1.165) is 5.92 Å². The first-order valence-electron chi connectivity index (χ1n) is 15.9. The second kappa shape index (κ2) is 1230. The Kier molecular flexibility index (Phi) is 3890. The Morgan fingerprint density at radius 3 is 0.273 bits per heavy atom. The van der Waals surface area contributed by atoms with Gasteiger partial charge in [-0.1, -0.05) is 221 Å². The van der Waals surface area contributed by atoms with Gasteiger partial charge in [0, 0.05) is 0 Å². The third kappa shape index (κ3) is 3200. The summed E-state index contributed by atoms with van der Waals surface area (Å²) in [6.45, 7) is 58.3. The summed E-state index contributed by atoms with van der Waals surface area (Å²) in [7, 11) is 0. The van der Waals surface area contributed by atoms with Gasteiger partial charge in [0.2, 0.25) is 0 Å². The third-order valence-corrected chi connectivity index (χ3v) is 0.866. The van der Waals surface area contributed by atoms with Crippen molar-refractivity contribution < 1.29 is 0 Å². The highest BCUT2D eigenvalue weighted by Crippen LogP contribution is 2.26. The molecule has 0 heteroatoms. The maximum Gasteiger partial charge on any atom is -0.0443 e. The molecule has 1 aliphatic rings. The Balaban J connectivity index is -0.00000000816. The highest BCUT2D eigenvalue weighted by molar-refractivity contribution is 4.65. The van der Waals surface area contributed by atoms with Crippen molar-refractivity contribution in [2.24, 2.45) is 5.92 Å². The molecule has 228 valence electrons. The van der Waals surface area contributed by atoms with Gasteiger partial charge in [-0.2, -0.15) is 0 Å². The molecule has 0 aliphatic heterocycles. The lowest BCUT2D eigenvalue weighted by Gasteiger charge is -1.53. The summed E-state index contributed by atoms with van der Waals surface area (Å²) in [5.74, 6) is 1.08. The molecule has 1 aliphatic carbocycles. The van der Waals surface area contributed by atoms with Crippen LogP contribution in [0.4, 0.5) is 0 Å². The van der Waals surface area contributed by atoms with Crippen molar-refractivity contribution in [1.29, 1.82) is 0 Å². The van der Waals surface area contributed by atoms with Crippen LogP contribution in [0.3, 0.4) is 0 Å². The van der Waals surface area contributed by atoms with Crippen molar-refractivity contribution in [2.75, 3.05) is 0 Å². The Morgan fingerprint density at radius 1 is 0.242 bits per heavy atom. The van der Waals surface area contributed by atoms with Crippen molar-refractivity contribution in [1.82, 2.24) is 0 Å². The fraction of sp³-hybridized carbons (Fsp3) is 1.00. The molecule has 0 radical (unpaired) electrons. The van der Waals surface area contributed by atoms with Crippen LogP contribution < -0.4 is 0 Å². The number of rotatable bonds is 0. The summed E-state index contributed by atoms with van der Waals surface area (Å²) in [5.41, 5.74) is 0. The van der Waals surface area contributed by atoms with Gasteiger partial charge in [-0.3, -0.25) is 0 Å². The lowest BCUT2D eigenvalue weighted by atomic mass is 10.5. The molecule has 1 rings (SSSR count).